The lowest BCUT2D eigenvalue weighted by atomic mass is 9.86. The summed E-state index contributed by atoms with van der Waals surface area (Å²) in [4.78, 5) is 38.6. The van der Waals surface area contributed by atoms with Crippen LogP contribution < -0.4 is 0 Å². The number of carbonyl (C=O) groups is 3. The molecule has 0 radical (unpaired) electrons. The average molecular weight is 735 g/mol. The first-order chi connectivity index (χ1) is 24.9. The van der Waals surface area contributed by atoms with Gasteiger partial charge in [0.15, 0.2) is 0 Å². The van der Waals surface area contributed by atoms with Crippen molar-refractivity contribution >= 4 is 17.7 Å². The van der Waals surface area contributed by atoms with Crippen molar-refractivity contribution in [2.24, 2.45) is 22.7 Å². The number of ether oxygens (including phenoxy) is 2. The van der Waals surface area contributed by atoms with E-state index in [0.29, 0.717) is 43.7 Å². The molecule has 52 heavy (non-hydrogen) atoms. The van der Waals surface area contributed by atoms with E-state index in [2.05, 4.69) is 27.7 Å². The highest BCUT2D eigenvalue weighted by atomic mass is 16.5. The second-order valence-electron chi connectivity index (χ2n) is 17.8. The van der Waals surface area contributed by atoms with Crippen LogP contribution in [0, 0.1) is 22.7 Å². The van der Waals surface area contributed by atoms with Crippen molar-refractivity contribution in [2.75, 3.05) is 13.2 Å². The van der Waals surface area contributed by atoms with Crippen LogP contribution in [0.1, 0.15) is 248 Å². The lowest BCUT2D eigenvalue weighted by molar-refractivity contribution is -0.156. The van der Waals surface area contributed by atoms with Gasteiger partial charge in [0.1, 0.15) is 5.78 Å². The Morgan fingerprint density at radius 2 is 0.692 bits per heavy atom. The highest BCUT2D eigenvalue weighted by Gasteiger charge is 2.30. The summed E-state index contributed by atoms with van der Waals surface area (Å²) in [7, 11) is 0. The van der Waals surface area contributed by atoms with Crippen LogP contribution in [0.3, 0.4) is 0 Å². The smallest absolute Gasteiger partial charge is 0.311 e. The Kier molecular flexibility index (Phi) is 32.1. The summed E-state index contributed by atoms with van der Waals surface area (Å²) in [6.07, 6.45) is 33.3. The third-order valence-corrected chi connectivity index (χ3v) is 11.4. The molecular formula is C47H90O5. The first-order valence-electron chi connectivity index (χ1n) is 22.8. The maximum Gasteiger partial charge on any atom is 0.311 e. The third-order valence-electron chi connectivity index (χ3n) is 11.4. The van der Waals surface area contributed by atoms with E-state index in [1.165, 1.54) is 116 Å². The molecule has 2 unspecified atom stereocenters. The van der Waals surface area contributed by atoms with E-state index in [-0.39, 0.29) is 11.9 Å². The van der Waals surface area contributed by atoms with Crippen LogP contribution in [-0.4, -0.2) is 30.9 Å². The number of esters is 2. The summed E-state index contributed by atoms with van der Waals surface area (Å²) < 4.78 is 11.8. The Bertz CT molecular complexity index is 794. The van der Waals surface area contributed by atoms with Gasteiger partial charge in [0.05, 0.1) is 24.0 Å². The van der Waals surface area contributed by atoms with Gasteiger partial charge in [0.2, 0.25) is 0 Å². The Hall–Kier alpha value is -1.39. The SMILES string of the molecule is CCCCCCCC(CCCCC)COC(=O)C(C)(C)CCCCCC(=O)CCCCCC(C)(C)C(=O)OCC(CCCCC)CCCCCCC. The molecule has 2 atom stereocenters. The van der Waals surface area contributed by atoms with Crippen molar-refractivity contribution in [1.29, 1.82) is 0 Å². The standard InChI is InChI=1S/C47H90O5/c1-9-13-17-19-25-33-41(31-23-15-11-3)39-51-44(49)46(5,6)37-29-21-27-35-43(48)36-28-22-30-38-47(7,8)45(50)52-40-42(32-24-16-12-4)34-26-20-18-14-10-2/h41-42H,9-40H2,1-8H3. The van der Waals surface area contributed by atoms with E-state index in [4.69, 9.17) is 9.47 Å². The number of unbranched alkanes of at least 4 members (excludes halogenated alkanes) is 16. The first-order valence-corrected chi connectivity index (χ1v) is 22.8. The molecule has 0 fully saturated rings. The molecular weight excluding hydrogens is 645 g/mol. The summed E-state index contributed by atoms with van der Waals surface area (Å²) in [5.41, 5.74) is -0.965. The number of ketones is 1. The molecule has 0 saturated heterocycles. The predicted octanol–water partition coefficient (Wildman–Crippen LogP) is 14.7. The summed E-state index contributed by atoms with van der Waals surface area (Å²) >= 11 is 0. The Morgan fingerprint density at radius 3 is 1.04 bits per heavy atom. The Balaban J connectivity index is 4.29. The molecule has 0 N–H and O–H groups in total. The molecule has 0 aliphatic carbocycles. The van der Waals surface area contributed by atoms with Gasteiger partial charge in [-0.15, -0.1) is 0 Å². The van der Waals surface area contributed by atoms with Gasteiger partial charge in [-0.1, -0.05) is 156 Å². The molecule has 0 spiro atoms. The lowest BCUT2D eigenvalue weighted by Crippen LogP contribution is -2.28. The summed E-state index contributed by atoms with van der Waals surface area (Å²) in [5, 5.41) is 0. The fraction of sp³-hybridized carbons (Fsp3) is 0.936. The van der Waals surface area contributed by atoms with Crippen molar-refractivity contribution in [2.45, 2.75) is 248 Å². The molecule has 5 heteroatoms. The molecule has 0 bridgehead atoms. The normalized spacial score (nSPS) is 13.2. The van der Waals surface area contributed by atoms with Gasteiger partial charge in [0.25, 0.3) is 0 Å². The number of hydrogen-bond donors (Lipinski definition) is 0. The molecule has 0 heterocycles. The van der Waals surface area contributed by atoms with E-state index in [0.717, 1.165) is 64.2 Å². The topological polar surface area (TPSA) is 69.7 Å². The molecule has 0 aromatic carbocycles. The molecule has 5 nitrogen and oxygen atoms in total. The van der Waals surface area contributed by atoms with E-state index in [9.17, 15) is 14.4 Å². The first kappa shape index (κ1) is 50.6. The second-order valence-corrected chi connectivity index (χ2v) is 17.8. The highest BCUT2D eigenvalue weighted by Crippen LogP contribution is 2.29. The Labute approximate surface area is 324 Å². The van der Waals surface area contributed by atoms with Crippen molar-refractivity contribution in [3.63, 3.8) is 0 Å². The zero-order chi connectivity index (χ0) is 38.9. The maximum atomic E-state index is 13.0. The molecule has 0 rings (SSSR count). The molecule has 0 amide bonds. The monoisotopic (exact) mass is 735 g/mol. The maximum absolute atomic E-state index is 13.0. The minimum atomic E-state index is -0.483. The summed E-state index contributed by atoms with van der Waals surface area (Å²) in [6.45, 7) is 18.2. The van der Waals surface area contributed by atoms with Crippen LogP contribution in [-0.2, 0) is 23.9 Å². The minimum absolute atomic E-state index is 0.0636. The van der Waals surface area contributed by atoms with Crippen LogP contribution in [0.25, 0.3) is 0 Å². The number of carbonyl (C=O) groups excluding carboxylic acids is 3. The van der Waals surface area contributed by atoms with Crippen LogP contribution in [0.2, 0.25) is 0 Å². The van der Waals surface area contributed by atoms with Gasteiger partial charge in [-0.05, 0) is 90.9 Å². The van der Waals surface area contributed by atoms with Crippen LogP contribution >= 0.6 is 0 Å². The molecule has 0 aliphatic heterocycles. The fourth-order valence-electron chi connectivity index (χ4n) is 7.30. The number of rotatable bonds is 38. The average Bonchev–Trinajstić information content (AvgIpc) is 3.11. The second kappa shape index (κ2) is 33.0. The fourth-order valence-corrected chi connectivity index (χ4v) is 7.30. The van der Waals surface area contributed by atoms with Crippen LogP contribution in [0.5, 0.6) is 0 Å². The van der Waals surface area contributed by atoms with E-state index in [1.54, 1.807) is 0 Å². The van der Waals surface area contributed by atoms with Crippen molar-refractivity contribution in [1.82, 2.24) is 0 Å². The van der Waals surface area contributed by atoms with Crippen LogP contribution in [0.4, 0.5) is 0 Å². The van der Waals surface area contributed by atoms with E-state index < -0.39 is 10.8 Å². The van der Waals surface area contributed by atoms with Gasteiger partial charge >= 0.3 is 11.9 Å². The van der Waals surface area contributed by atoms with E-state index >= 15 is 0 Å². The van der Waals surface area contributed by atoms with Gasteiger partial charge < -0.3 is 9.47 Å². The van der Waals surface area contributed by atoms with Gasteiger partial charge in [0, 0.05) is 12.8 Å². The zero-order valence-corrected chi connectivity index (χ0v) is 36.3. The largest absolute Gasteiger partial charge is 0.465 e. The van der Waals surface area contributed by atoms with Gasteiger partial charge in [-0.25, -0.2) is 0 Å². The zero-order valence-electron chi connectivity index (χ0n) is 36.3. The van der Waals surface area contributed by atoms with Crippen molar-refractivity contribution in [3.8, 4) is 0 Å². The quantitative estimate of drug-likeness (QED) is 0.0466. The summed E-state index contributed by atoms with van der Waals surface area (Å²) in [6, 6.07) is 0. The Morgan fingerprint density at radius 1 is 0.404 bits per heavy atom. The minimum Gasteiger partial charge on any atom is -0.465 e. The van der Waals surface area contributed by atoms with Gasteiger partial charge in [-0.3, -0.25) is 14.4 Å². The molecule has 308 valence electrons. The number of hydrogen-bond acceptors (Lipinski definition) is 5. The molecule has 0 aromatic rings. The molecule has 0 aliphatic rings. The summed E-state index contributed by atoms with van der Waals surface area (Å²) in [5.74, 6) is 1.18. The van der Waals surface area contributed by atoms with Crippen molar-refractivity contribution < 1.29 is 23.9 Å². The molecule has 0 aromatic heterocycles. The predicted molar refractivity (Wildman–Crippen MR) is 223 cm³/mol. The highest BCUT2D eigenvalue weighted by molar-refractivity contribution is 5.78. The molecule has 0 saturated carbocycles. The lowest BCUT2D eigenvalue weighted by Gasteiger charge is -2.25. The van der Waals surface area contributed by atoms with Crippen molar-refractivity contribution in [3.05, 3.63) is 0 Å². The number of Topliss-reactive ketones (excluding diaryl/α,β-unsaturated/α-hetero) is 1. The van der Waals surface area contributed by atoms with E-state index in [1.807, 2.05) is 27.7 Å². The van der Waals surface area contributed by atoms with Crippen LogP contribution in [0.15, 0.2) is 0 Å². The third kappa shape index (κ3) is 28.1. The van der Waals surface area contributed by atoms with Gasteiger partial charge in [-0.2, -0.15) is 0 Å².